The lowest BCUT2D eigenvalue weighted by Gasteiger charge is -2.33. The van der Waals surface area contributed by atoms with E-state index in [1.807, 2.05) is 0 Å². The van der Waals surface area contributed by atoms with E-state index in [2.05, 4.69) is 25.7 Å². The van der Waals surface area contributed by atoms with E-state index >= 15 is 0 Å². The van der Waals surface area contributed by atoms with Crippen LogP contribution in [0.2, 0.25) is 0 Å². The maximum atomic E-state index is 6.26. The van der Waals surface area contributed by atoms with Crippen LogP contribution in [0.15, 0.2) is 0 Å². The van der Waals surface area contributed by atoms with Crippen LogP contribution in [-0.2, 0) is 0 Å². The van der Waals surface area contributed by atoms with Crippen LogP contribution in [0, 0.1) is 17.3 Å². The van der Waals surface area contributed by atoms with Gasteiger partial charge in [0.15, 0.2) is 0 Å². The van der Waals surface area contributed by atoms with Crippen LogP contribution in [0.3, 0.4) is 0 Å². The Morgan fingerprint density at radius 2 is 2.12 bits per heavy atom. The predicted octanol–water partition coefficient (Wildman–Crippen LogP) is 2.48. The molecular weight excluding hydrogens is 196 g/mol. The molecule has 0 spiro atoms. The van der Waals surface area contributed by atoms with Crippen LogP contribution in [0.4, 0.5) is 0 Å². The second-order valence-electron chi connectivity index (χ2n) is 6.68. The van der Waals surface area contributed by atoms with Gasteiger partial charge in [0.1, 0.15) is 0 Å². The standard InChI is InChI=1S/C14H28N2/c1-11(2)12-6-8-16(9-12)10-14(3)7-4-5-13(14)15/h11-13H,4-10,15H2,1-3H3. The first kappa shape index (κ1) is 12.4. The fourth-order valence-corrected chi connectivity index (χ4v) is 3.52. The van der Waals surface area contributed by atoms with Gasteiger partial charge in [0.2, 0.25) is 0 Å². The maximum Gasteiger partial charge on any atom is 0.0105 e. The molecule has 0 radical (unpaired) electrons. The Hall–Kier alpha value is -0.0800. The minimum Gasteiger partial charge on any atom is -0.327 e. The molecule has 94 valence electrons. The van der Waals surface area contributed by atoms with E-state index in [0.717, 1.165) is 11.8 Å². The summed E-state index contributed by atoms with van der Waals surface area (Å²) in [6.07, 6.45) is 5.29. The van der Waals surface area contributed by atoms with E-state index in [9.17, 15) is 0 Å². The summed E-state index contributed by atoms with van der Waals surface area (Å²) >= 11 is 0. The Labute approximate surface area is 101 Å². The van der Waals surface area contributed by atoms with Gasteiger partial charge in [0, 0.05) is 19.1 Å². The number of rotatable bonds is 3. The van der Waals surface area contributed by atoms with Crippen LogP contribution in [0.25, 0.3) is 0 Å². The summed E-state index contributed by atoms with van der Waals surface area (Å²) in [5.74, 6) is 1.76. The number of hydrogen-bond acceptors (Lipinski definition) is 2. The molecule has 3 atom stereocenters. The third kappa shape index (κ3) is 2.43. The molecule has 1 heterocycles. The second kappa shape index (κ2) is 4.66. The van der Waals surface area contributed by atoms with Crippen molar-refractivity contribution in [2.24, 2.45) is 23.0 Å². The SMILES string of the molecule is CC(C)C1CCN(CC2(C)CCCC2N)C1. The van der Waals surface area contributed by atoms with Crippen molar-refractivity contribution in [3.8, 4) is 0 Å². The summed E-state index contributed by atoms with van der Waals surface area (Å²) in [4.78, 5) is 2.66. The summed E-state index contributed by atoms with van der Waals surface area (Å²) in [6.45, 7) is 10.9. The molecule has 0 aromatic rings. The molecule has 2 heteroatoms. The molecule has 0 bridgehead atoms. The number of likely N-dealkylation sites (tertiary alicyclic amines) is 1. The Bertz CT molecular complexity index is 239. The lowest BCUT2D eigenvalue weighted by atomic mass is 9.84. The Morgan fingerprint density at radius 1 is 1.38 bits per heavy atom. The van der Waals surface area contributed by atoms with Gasteiger partial charge in [0.25, 0.3) is 0 Å². The van der Waals surface area contributed by atoms with Gasteiger partial charge in [0.05, 0.1) is 0 Å². The van der Waals surface area contributed by atoms with Crippen LogP contribution < -0.4 is 5.73 Å². The summed E-state index contributed by atoms with van der Waals surface area (Å²) in [5, 5.41) is 0. The van der Waals surface area contributed by atoms with Gasteiger partial charge in [-0.15, -0.1) is 0 Å². The van der Waals surface area contributed by atoms with Crippen molar-refractivity contribution >= 4 is 0 Å². The topological polar surface area (TPSA) is 29.3 Å². The Morgan fingerprint density at radius 3 is 2.62 bits per heavy atom. The number of hydrogen-bond donors (Lipinski definition) is 1. The predicted molar refractivity (Wildman–Crippen MR) is 69.3 cm³/mol. The average molecular weight is 224 g/mol. The lowest BCUT2D eigenvalue weighted by Crippen LogP contribution is -2.43. The summed E-state index contributed by atoms with van der Waals surface area (Å²) in [5.41, 5.74) is 6.65. The maximum absolute atomic E-state index is 6.26. The summed E-state index contributed by atoms with van der Waals surface area (Å²) < 4.78 is 0. The van der Waals surface area contributed by atoms with Crippen LogP contribution in [-0.4, -0.2) is 30.6 Å². The van der Waals surface area contributed by atoms with Gasteiger partial charge in [-0.05, 0) is 43.1 Å². The van der Waals surface area contributed by atoms with Gasteiger partial charge in [-0.25, -0.2) is 0 Å². The largest absolute Gasteiger partial charge is 0.327 e. The Kier molecular flexibility index (Phi) is 3.60. The van der Waals surface area contributed by atoms with Gasteiger partial charge in [-0.1, -0.05) is 27.2 Å². The monoisotopic (exact) mass is 224 g/mol. The van der Waals surface area contributed by atoms with Gasteiger partial charge in [-0.3, -0.25) is 0 Å². The van der Waals surface area contributed by atoms with Crippen LogP contribution in [0.5, 0.6) is 0 Å². The Balaban J connectivity index is 1.87. The first-order valence-corrected chi connectivity index (χ1v) is 6.99. The van der Waals surface area contributed by atoms with E-state index in [1.165, 1.54) is 45.3 Å². The van der Waals surface area contributed by atoms with Gasteiger partial charge < -0.3 is 10.6 Å². The fourth-order valence-electron chi connectivity index (χ4n) is 3.52. The normalized spacial score (nSPS) is 41.1. The molecule has 2 N–H and O–H groups in total. The van der Waals surface area contributed by atoms with Crippen molar-refractivity contribution in [3.05, 3.63) is 0 Å². The molecule has 1 saturated heterocycles. The molecule has 2 aliphatic rings. The van der Waals surface area contributed by atoms with Crippen molar-refractivity contribution in [2.75, 3.05) is 19.6 Å². The molecule has 2 rings (SSSR count). The molecular formula is C14H28N2. The number of nitrogens with zero attached hydrogens (tertiary/aromatic N) is 1. The zero-order valence-electron chi connectivity index (χ0n) is 11.2. The van der Waals surface area contributed by atoms with Crippen molar-refractivity contribution < 1.29 is 0 Å². The second-order valence-corrected chi connectivity index (χ2v) is 6.68. The van der Waals surface area contributed by atoms with Crippen LogP contribution >= 0.6 is 0 Å². The van der Waals surface area contributed by atoms with Gasteiger partial charge in [-0.2, -0.15) is 0 Å². The molecule has 2 fully saturated rings. The molecule has 1 aliphatic heterocycles. The number of nitrogens with two attached hydrogens (primary N) is 1. The fraction of sp³-hybridized carbons (Fsp3) is 1.00. The van der Waals surface area contributed by atoms with Crippen molar-refractivity contribution in [2.45, 2.75) is 52.5 Å². The molecule has 0 aromatic heterocycles. The minimum absolute atomic E-state index is 0.395. The van der Waals surface area contributed by atoms with Gasteiger partial charge >= 0.3 is 0 Å². The molecule has 2 nitrogen and oxygen atoms in total. The molecule has 1 saturated carbocycles. The van der Waals surface area contributed by atoms with Crippen molar-refractivity contribution in [3.63, 3.8) is 0 Å². The summed E-state index contributed by atoms with van der Waals surface area (Å²) in [6, 6.07) is 0.436. The summed E-state index contributed by atoms with van der Waals surface area (Å²) in [7, 11) is 0. The minimum atomic E-state index is 0.395. The smallest absolute Gasteiger partial charge is 0.0105 e. The highest BCUT2D eigenvalue weighted by molar-refractivity contribution is 4.94. The van der Waals surface area contributed by atoms with E-state index in [1.54, 1.807) is 0 Å². The first-order valence-electron chi connectivity index (χ1n) is 6.99. The molecule has 16 heavy (non-hydrogen) atoms. The highest BCUT2D eigenvalue weighted by atomic mass is 15.2. The highest BCUT2D eigenvalue weighted by Gasteiger charge is 2.39. The quantitative estimate of drug-likeness (QED) is 0.798. The van der Waals surface area contributed by atoms with Crippen LogP contribution in [0.1, 0.15) is 46.5 Å². The lowest BCUT2D eigenvalue weighted by molar-refractivity contribution is 0.170. The van der Waals surface area contributed by atoms with Crippen molar-refractivity contribution in [1.82, 2.24) is 4.90 Å². The third-order valence-corrected chi connectivity index (χ3v) is 4.99. The molecule has 0 amide bonds. The zero-order valence-corrected chi connectivity index (χ0v) is 11.2. The van der Waals surface area contributed by atoms with Crippen molar-refractivity contribution in [1.29, 1.82) is 0 Å². The van der Waals surface area contributed by atoms with E-state index in [-0.39, 0.29) is 0 Å². The third-order valence-electron chi connectivity index (χ3n) is 4.99. The average Bonchev–Trinajstić information content (AvgIpc) is 2.76. The molecule has 1 aliphatic carbocycles. The molecule has 3 unspecified atom stereocenters. The highest BCUT2D eigenvalue weighted by Crippen LogP contribution is 2.38. The molecule has 0 aromatic carbocycles. The van der Waals surface area contributed by atoms with E-state index in [0.29, 0.717) is 11.5 Å². The van der Waals surface area contributed by atoms with E-state index in [4.69, 9.17) is 5.73 Å². The zero-order chi connectivity index (χ0) is 11.8. The van der Waals surface area contributed by atoms with E-state index < -0.39 is 0 Å². The first-order chi connectivity index (χ1) is 7.51.